The minimum absolute atomic E-state index is 0.848. The van der Waals surface area contributed by atoms with Crippen LogP contribution in [-0.2, 0) is 0 Å². The predicted octanol–water partition coefficient (Wildman–Crippen LogP) is 2.01. The first-order chi connectivity index (χ1) is 6.95. The quantitative estimate of drug-likeness (QED) is 0.647. The van der Waals surface area contributed by atoms with Crippen molar-refractivity contribution in [2.45, 2.75) is 0 Å². The molecule has 1 aliphatic heterocycles. The number of hydrogen-bond donors (Lipinski definition) is 2. The fourth-order valence-electron chi connectivity index (χ4n) is 1.86. The number of aromatic nitrogens is 1. The van der Waals surface area contributed by atoms with Crippen molar-refractivity contribution in [2.75, 3.05) is 18.4 Å². The van der Waals surface area contributed by atoms with E-state index in [1.807, 2.05) is 12.4 Å². The topological polar surface area (TPSA) is 40.2 Å². The molecule has 0 saturated heterocycles. The van der Waals surface area contributed by atoms with Gasteiger partial charge in [-0.25, -0.2) is 0 Å². The van der Waals surface area contributed by atoms with Gasteiger partial charge in [-0.15, -0.1) is 0 Å². The molecule has 70 valence electrons. The van der Waals surface area contributed by atoms with Crippen LogP contribution in [0.4, 0.5) is 5.69 Å². The van der Waals surface area contributed by atoms with Crippen molar-refractivity contribution in [2.24, 2.45) is 4.99 Å². The van der Waals surface area contributed by atoms with Crippen LogP contribution in [0, 0.1) is 0 Å². The Hall–Kier alpha value is -1.77. The van der Waals surface area contributed by atoms with Crippen molar-refractivity contribution in [1.82, 2.24) is 4.98 Å². The predicted molar refractivity (Wildman–Crippen MR) is 59.2 cm³/mol. The fourth-order valence-corrected chi connectivity index (χ4v) is 1.86. The smallest absolute Gasteiger partial charge is 0.0562 e. The lowest BCUT2D eigenvalue weighted by atomic mass is 10.1. The molecule has 0 unspecified atom stereocenters. The van der Waals surface area contributed by atoms with Crippen LogP contribution in [0.3, 0.4) is 0 Å². The molecule has 0 aliphatic carbocycles. The molecule has 1 aromatic carbocycles. The van der Waals surface area contributed by atoms with Gasteiger partial charge in [-0.2, -0.15) is 0 Å². The normalized spacial score (nSPS) is 14.9. The van der Waals surface area contributed by atoms with Crippen LogP contribution in [0.15, 0.2) is 29.4 Å². The van der Waals surface area contributed by atoms with Crippen molar-refractivity contribution in [3.8, 4) is 0 Å². The Morgan fingerprint density at radius 3 is 3.21 bits per heavy atom. The average molecular weight is 185 g/mol. The van der Waals surface area contributed by atoms with E-state index in [2.05, 4.69) is 33.5 Å². The number of nitrogens with one attached hydrogen (secondary N) is 2. The highest BCUT2D eigenvalue weighted by atomic mass is 14.9. The molecular formula is C11H11N3. The van der Waals surface area contributed by atoms with Crippen molar-refractivity contribution >= 4 is 22.8 Å². The first-order valence-corrected chi connectivity index (χ1v) is 4.79. The summed E-state index contributed by atoms with van der Waals surface area (Å²) in [7, 11) is 0. The van der Waals surface area contributed by atoms with E-state index in [0.717, 1.165) is 13.1 Å². The number of rotatable bonds is 0. The standard InChI is InChI=1S/C11H11N3/c1-2-10-9(3-4-13-10)11-8(1)7-12-5-6-14-11/h1-4,7,13-14H,5-6H2. The second-order valence-corrected chi connectivity index (χ2v) is 3.43. The van der Waals surface area contributed by atoms with Crippen LogP contribution >= 0.6 is 0 Å². The van der Waals surface area contributed by atoms with Gasteiger partial charge in [0, 0.05) is 35.4 Å². The zero-order valence-electron chi connectivity index (χ0n) is 7.75. The average Bonchev–Trinajstić information content (AvgIpc) is 2.55. The summed E-state index contributed by atoms with van der Waals surface area (Å²) in [4.78, 5) is 7.51. The Morgan fingerprint density at radius 1 is 1.21 bits per heavy atom. The third-order valence-corrected chi connectivity index (χ3v) is 2.54. The van der Waals surface area contributed by atoms with Crippen LogP contribution in [0.1, 0.15) is 5.56 Å². The van der Waals surface area contributed by atoms with Crippen molar-refractivity contribution in [3.05, 3.63) is 30.0 Å². The first-order valence-electron chi connectivity index (χ1n) is 4.79. The largest absolute Gasteiger partial charge is 0.382 e. The van der Waals surface area contributed by atoms with Gasteiger partial charge in [0.2, 0.25) is 0 Å². The minimum Gasteiger partial charge on any atom is -0.382 e. The molecule has 3 heteroatoms. The minimum atomic E-state index is 0.848. The summed E-state index contributed by atoms with van der Waals surface area (Å²) < 4.78 is 0. The first kappa shape index (κ1) is 7.62. The number of aliphatic imine (C=N–C) groups is 1. The van der Waals surface area contributed by atoms with Crippen LogP contribution in [0.5, 0.6) is 0 Å². The molecule has 0 radical (unpaired) electrons. The molecule has 0 spiro atoms. The van der Waals surface area contributed by atoms with E-state index in [4.69, 9.17) is 0 Å². The van der Waals surface area contributed by atoms with Gasteiger partial charge in [0.1, 0.15) is 0 Å². The van der Waals surface area contributed by atoms with Gasteiger partial charge in [0.25, 0.3) is 0 Å². The Morgan fingerprint density at radius 2 is 2.21 bits per heavy atom. The van der Waals surface area contributed by atoms with Crippen LogP contribution in [0.2, 0.25) is 0 Å². The maximum atomic E-state index is 4.31. The summed E-state index contributed by atoms with van der Waals surface area (Å²) >= 11 is 0. The van der Waals surface area contributed by atoms with Crippen LogP contribution in [0.25, 0.3) is 10.9 Å². The van der Waals surface area contributed by atoms with E-state index >= 15 is 0 Å². The summed E-state index contributed by atoms with van der Waals surface area (Å²) in [5.41, 5.74) is 3.55. The molecular weight excluding hydrogens is 174 g/mol. The van der Waals surface area contributed by atoms with E-state index in [0.29, 0.717) is 0 Å². The molecule has 0 fully saturated rings. The molecule has 0 saturated carbocycles. The summed E-state index contributed by atoms with van der Waals surface area (Å²) in [5.74, 6) is 0. The highest BCUT2D eigenvalue weighted by Gasteiger charge is 2.07. The Bertz CT molecular complexity index is 496. The van der Waals surface area contributed by atoms with Gasteiger partial charge in [-0.1, -0.05) is 0 Å². The number of benzene rings is 1. The second kappa shape index (κ2) is 2.87. The Balaban J connectivity index is 2.33. The maximum Gasteiger partial charge on any atom is 0.0562 e. The van der Waals surface area contributed by atoms with Crippen molar-refractivity contribution in [3.63, 3.8) is 0 Å². The van der Waals surface area contributed by atoms with Crippen molar-refractivity contribution in [1.29, 1.82) is 0 Å². The Kier molecular flexibility index (Phi) is 1.56. The van der Waals surface area contributed by atoms with E-state index < -0.39 is 0 Å². The zero-order chi connectivity index (χ0) is 9.38. The number of fused-ring (bicyclic) bond motifs is 3. The van der Waals surface area contributed by atoms with E-state index in [1.54, 1.807) is 0 Å². The second-order valence-electron chi connectivity index (χ2n) is 3.43. The van der Waals surface area contributed by atoms with Crippen molar-refractivity contribution < 1.29 is 0 Å². The number of hydrogen-bond acceptors (Lipinski definition) is 2. The van der Waals surface area contributed by atoms with E-state index in [1.165, 1.54) is 22.2 Å². The summed E-state index contributed by atoms with van der Waals surface area (Å²) in [6, 6.07) is 6.28. The summed E-state index contributed by atoms with van der Waals surface area (Å²) in [6.07, 6.45) is 3.91. The van der Waals surface area contributed by atoms with Gasteiger partial charge in [-0.3, -0.25) is 4.99 Å². The molecule has 0 amide bonds. The van der Waals surface area contributed by atoms with E-state index in [-0.39, 0.29) is 0 Å². The molecule has 2 N–H and O–H groups in total. The molecule has 1 aromatic heterocycles. The highest BCUT2D eigenvalue weighted by Crippen LogP contribution is 2.26. The Labute approximate surface area is 81.9 Å². The highest BCUT2D eigenvalue weighted by molar-refractivity contribution is 6.02. The number of aromatic amines is 1. The van der Waals surface area contributed by atoms with Crippen LogP contribution in [-0.4, -0.2) is 24.3 Å². The van der Waals surface area contributed by atoms with Gasteiger partial charge >= 0.3 is 0 Å². The molecule has 0 atom stereocenters. The maximum absolute atomic E-state index is 4.31. The summed E-state index contributed by atoms with van der Waals surface area (Å²) in [5, 5.41) is 4.66. The molecule has 0 bridgehead atoms. The third-order valence-electron chi connectivity index (χ3n) is 2.54. The lowest BCUT2D eigenvalue weighted by molar-refractivity contribution is 1.04. The number of anilines is 1. The van der Waals surface area contributed by atoms with Gasteiger partial charge in [-0.05, 0) is 18.2 Å². The lowest BCUT2D eigenvalue weighted by Gasteiger charge is -2.06. The lowest BCUT2D eigenvalue weighted by Crippen LogP contribution is -2.03. The van der Waals surface area contributed by atoms with Gasteiger partial charge < -0.3 is 10.3 Å². The van der Waals surface area contributed by atoms with E-state index in [9.17, 15) is 0 Å². The van der Waals surface area contributed by atoms with Crippen LogP contribution < -0.4 is 5.32 Å². The molecule has 3 nitrogen and oxygen atoms in total. The fraction of sp³-hybridized carbons (Fsp3) is 0.182. The third kappa shape index (κ3) is 1.02. The number of nitrogens with zero attached hydrogens (tertiary/aromatic N) is 1. The molecule has 2 aromatic rings. The SMILES string of the molecule is C1=NCCNc2c1ccc1[nH]ccc21. The molecule has 1 aliphatic rings. The summed E-state index contributed by atoms with van der Waals surface area (Å²) in [6.45, 7) is 1.76. The molecule has 14 heavy (non-hydrogen) atoms. The molecule has 2 heterocycles. The molecule has 3 rings (SSSR count). The van der Waals surface area contributed by atoms with Gasteiger partial charge in [0.05, 0.1) is 12.2 Å². The monoisotopic (exact) mass is 185 g/mol. The number of H-pyrrole nitrogens is 1. The van der Waals surface area contributed by atoms with Gasteiger partial charge in [0.15, 0.2) is 0 Å². The zero-order valence-corrected chi connectivity index (χ0v) is 7.75.